The fraction of sp³-hybridized carbons (Fsp3) is 0.467. The molecule has 1 heterocycles. The van der Waals surface area contributed by atoms with Crippen molar-refractivity contribution >= 4 is 11.9 Å². The molecule has 1 amide bonds. The number of carbonyl (C=O) groups is 2. The van der Waals surface area contributed by atoms with Crippen molar-refractivity contribution < 1.29 is 19.1 Å². The zero-order valence-electron chi connectivity index (χ0n) is 11.9. The lowest BCUT2D eigenvalue weighted by molar-refractivity contribution is -0.151. The molecule has 1 N–H and O–H groups in total. The number of para-hydroxylation sites is 1. The number of hydrogen-bond acceptors (Lipinski definition) is 4. The van der Waals surface area contributed by atoms with Crippen LogP contribution in [0.5, 0.6) is 5.75 Å². The number of benzene rings is 1. The SMILES string of the molecule is CC[C@](C)(NC(=O)[C@@H]1Cc2ccccc2O1)C(=O)OC. The fourth-order valence-corrected chi connectivity index (χ4v) is 2.19. The minimum Gasteiger partial charge on any atom is -0.480 e. The van der Waals surface area contributed by atoms with Gasteiger partial charge in [0.15, 0.2) is 6.10 Å². The molecule has 0 aliphatic carbocycles. The average molecular weight is 277 g/mol. The number of fused-ring (bicyclic) bond motifs is 1. The van der Waals surface area contributed by atoms with E-state index in [1.807, 2.05) is 31.2 Å². The molecule has 5 nitrogen and oxygen atoms in total. The highest BCUT2D eigenvalue weighted by atomic mass is 16.5. The topological polar surface area (TPSA) is 64.6 Å². The van der Waals surface area contributed by atoms with Crippen LogP contribution < -0.4 is 10.1 Å². The van der Waals surface area contributed by atoms with Crippen LogP contribution in [0, 0.1) is 0 Å². The molecule has 0 spiro atoms. The Morgan fingerprint density at radius 2 is 2.15 bits per heavy atom. The first kappa shape index (κ1) is 14.4. The number of rotatable bonds is 4. The van der Waals surface area contributed by atoms with E-state index in [2.05, 4.69) is 5.32 Å². The quantitative estimate of drug-likeness (QED) is 0.846. The van der Waals surface area contributed by atoms with Crippen LogP contribution in [-0.2, 0) is 20.7 Å². The first-order valence-electron chi connectivity index (χ1n) is 6.65. The van der Waals surface area contributed by atoms with E-state index in [1.54, 1.807) is 6.92 Å². The van der Waals surface area contributed by atoms with E-state index in [9.17, 15) is 9.59 Å². The fourth-order valence-electron chi connectivity index (χ4n) is 2.19. The molecule has 0 bridgehead atoms. The highest BCUT2D eigenvalue weighted by molar-refractivity contribution is 5.90. The lowest BCUT2D eigenvalue weighted by Gasteiger charge is -2.27. The van der Waals surface area contributed by atoms with Crippen molar-refractivity contribution in [2.45, 2.75) is 38.3 Å². The van der Waals surface area contributed by atoms with Crippen molar-refractivity contribution in [3.05, 3.63) is 29.8 Å². The van der Waals surface area contributed by atoms with Gasteiger partial charge in [-0.15, -0.1) is 0 Å². The summed E-state index contributed by atoms with van der Waals surface area (Å²) in [4.78, 5) is 24.0. The van der Waals surface area contributed by atoms with Gasteiger partial charge in [0.1, 0.15) is 11.3 Å². The summed E-state index contributed by atoms with van der Waals surface area (Å²) in [6, 6.07) is 7.54. The van der Waals surface area contributed by atoms with Gasteiger partial charge in [-0.1, -0.05) is 25.1 Å². The molecule has 0 radical (unpaired) electrons. The Hall–Kier alpha value is -2.04. The van der Waals surface area contributed by atoms with Crippen molar-refractivity contribution in [2.24, 2.45) is 0 Å². The maximum absolute atomic E-state index is 12.3. The monoisotopic (exact) mass is 277 g/mol. The molecule has 0 saturated heterocycles. The predicted octanol–water partition coefficient (Wildman–Crippen LogP) is 1.45. The Kier molecular flexibility index (Phi) is 3.97. The lowest BCUT2D eigenvalue weighted by Crippen LogP contribution is -2.55. The van der Waals surface area contributed by atoms with Crippen LogP contribution in [0.3, 0.4) is 0 Å². The minimum absolute atomic E-state index is 0.295. The molecule has 1 aliphatic rings. The van der Waals surface area contributed by atoms with Gasteiger partial charge in [-0.05, 0) is 25.0 Å². The average Bonchev–Trinajstić information content (AvgIpc) is 2.90. The molecule has 0 fully saturated rings. The summed E-state index contributed by atoms with van der Waals surface area (Å²) in [7, 11) is 1.31. The van der Waals surface area contributed by atoms with Gasteiger partial charge >= 0.3 is 5.97 Å². The number of nitrogens with one attached hydrogen (secondary N) is 1. The number of amides is 1. The summed E-state index contributed by atoms with van der Waals surface area (Å²) in [5.41, 5.74) is -0.0202. The van der Waals surface area contributed by atoms with Gasteiger partial charge in [0, 0.05) is 6.42 Å². The number of ether oxygens (including phenoxy) is 2. The van der Waals surface area contributed by atoms with E-state index >= 15 is 0 Å². The van der Waals surface area contributed by atoms with Crippen molar-refractivity contribution in [2.75, 3.05) is 7.11 Å². The Morgan fingerprint density at radius 1 is 1.45 bits per heavy atom. The Labute approximate surface area is 118 Å². The van der Waals surface area contributed by atoms with E-state index < -0.39 is 17.6 Å². The molecule has 0 saturated carbocycles. The van der Waals surface area contributed by atoms with Gasteiger partial charge in [0.25, 0.3) is 5.91 Å². The number of esters is 1. The molecule has 1 aromatic rings. The maximum Gasteiger partial charge on any atom is 0.331 e. The van der Waals surface area contributed by atoms with E-state index in [-0.39, 0.29) is 5.91 Å². The zero-order valence-corrected chi connectivity index (χ0v) is 11.9. The Bertz CT molecular complexity index is 503. The van der Waals surface area contributed by atoms with Gasteiger partial charge in [0.05, 0.1) is 7.11 Å². The van der Waals surface area contributed by atoms with Crippen molar-refractivity contribution in [3.63, 3.8) is 0 Å². The highest BCUT2D eigenvalue weighted by Gasteiger charge is 2.38. The zero-order chi connectivity index (χ0) is 14.8. The number of methoxy groups -OCH3 is 1. The third-order valence-corrected chi connectivity index (χ3v) is 3.68. The van der Waals surface area contributed by atoms with Crippen LogP contribution in [0.1, 0.15) is 25.8 Å². The third kappa shape index (κ3) is 2.61. The Balaban J connectivity index is 2.05. The van der Waals surface area contributed by atoms with E-state index in [0.29, 0.717) is 12.8 Å². The van der Waals surface area contributed by atoms with Gasteiger partial charge in [-0.3, -0.25) is 4.79 Å². The van der Waals surface area contributed by atoms with Gasteiger partial charge in [-0.25, -0.2) is 4.79 Å². The Morgan fingerprint density at radius 3 is 2.75 bits per heavy atom. The summed E-state index contributed by atoms with van der Waals surface area (Å²) in [6.07, 6.45) is 0.372. The molecule has 1 aliphatic heterocycles. The standard InChI is InChI=1S/C15H19NO4/c1-4-15(2,14(18)19-3)16-13(17)12-9-10-7-5-6-8-11(10)20-12/h5-8,12H,4,9H2,1-3H3,(H,16,17)/t12-,15-/m0/s1. The van der Waals surface area contributed by atoms with Crippen LogP contribution in [0.2, 0.25) is 0 Å². The van der Waals surface area contributed by atoms with Gasteiger partial charge in [-0.2, -0.15) is 0 Å². The van der Waals surface area contributed by atoms with Crippen LogP contribution >= 0.6 is 0 Å². The predicted molar refractivity (Wildman–Crippen MR) is 73.4 cm³/mol. The van der Waals surface area contributed by atoms with Crippen molar-refractivity contribution in [3.8, 4) is 5.75 Å². The summed E-state index contributed by atoms with van der Waals surface area (Å²) in [5, 5.41) is 2.73. The van der Waals surface area contributed by atoms with Gasteiger partial charge < -0.3 is 14.8 Å². The second kappa shape index (κ2) is 5.53. The van der Waals surface area contributed by atoms with Crippen LogP contribution in [-0.4, -0.2) is 30.6 Å². The van der Waals surface area contributed by atoms with E-state index in [0.717, 1.165) is 11.3 Å². The first-order valence-corrected chi connectivity index (χ1v) is 6.65. The summed E-state index contributed by atoms with van der Waals surface area (Å²) < 4.78 is 10.3. The molecule has 5 heteroatoms. The molecule has 20 heavy (non-hydrogen) atoms. The minimum atomic E-state index is -1.02. The second-order valence-corrected chi connectivity index (χ2v) is 5.08. The summed E-state index contributed by atoms with van der Waals surface area (Å²) in [5.74, 6) is -0.0243. The molecule has 0 aromatic heterocycles. The smallest absolute Gasteiger partial charge is 0.331 e. The normalized spacial score (nSPS) is 19.4. The lowest BCUT2D eigenvalue weighted by atomic mass is 9.98. The van der Waals surface area contributed by atoms with Gasteiger partial charge in [0.2, 0.25) is 0 Å². The van der Waals surface area contributed by atoms with E-state index in [1.165, 1.54) is 7.11 Å². The number of hydrogen-bond donors (Lipinski definition) is 1. The van der Waals surface area contributed by atoms with E-state index in [4.69, 9.17) is 9.47 Å². The van der Waals surface area contributed by atoms with Crippen molar-refractivity contribution in [1.82, 2.24) is 5.32 Å². The largest absolute Gasteiger partial charge is 0.480 e. The molecule has 1 aromatic carbocycles. The van der Waals surface area contributed by atoms with Crippen LogP contribution in [0.15, 0.2) is 24.3 Å². The number of carbonyl (C=O) groups excluding carboxylic acids is 2. The first-order chi connectivity index (χ1) is 9.50. The van der Waals surface area contributed by atoms with Crippen LogP contribution in [0.4, 0.5) is 0 Å². The maximum atomic E-state index is 12.3. The molecule has 2 atom stereocenters. The van der Waals surface area contributed by atoms with Crippen LogP contribution in [0.25, 0.3) is 0 Å². The molecular formula is C15H19NO4. The molecule has 108 valence electrons. The molecular weight excluding hydrogens is 258 g/mol. The summed E-state index contributed by atoms with van der Waals surface area (Å²) in [6.45, 7) is 3.47. The third-order valence-electron chi connectivity index (χ3n) is 3.68. The van der Waals surface area contributed by atoms with Crippen molar-refractivity contribution in [1.29, 1.82) is 0 Å². The molecule has 2 rings (SSSR count). The molecule has 0 unspecified atom stereocenters. The second-order valence-electron chi connectivity index (χ2n) is 5.08. The highest BCUT2D eigenvalue weighted by Crippen LogP contribution is 2.28. The summed E-state index contributed by atoms with van der Waals surface area (Å²) >= 11 is 0.